The van der Waals surface area contributed by atoms with Crippen LogP contribution in [0.1, 0.15) is 12.8 Å². The van der Waals surface area contributed by atoms with Crippen molar-refractivity contribution in [3.05, 3.63) is 0 Å². The Bertz CT molecular complexity index is 157. The van der Waals surface area contributed by atoms with Gasteiger partial charge in [-0.15, -0.1) is 0 Å². The first-order chi connectivity index (χ1) is 5.74. The van der Waals surface area contributed by atoms with Crippen molar-refractivity contribution in [2.45, 2.75) is 18.9 Å². The van der Waals surface area contributed by atoms with Crippen LogP contribution >= 0.6 is 0 Å². The lowest BCUT2D eigenvalue weighted by Crippen LogP contribution is -2.23. The van der Waals surface area contributed by atoms with Crippen LogP contribution in [-0.2, 0) is 14.3 Å². The summed E-state index contributed by atoms with van der Waals surface area (Å²) in [6.07, 6.45) is 0.622. The van der Waals surface area contributed by atoms with Gasteiger partial charge in [0.2, 0.25) is 0 Å². The highest BCUT2D eigenvalue weighted by molar-refractivity contribution is 5.72. The highest BCUT2D eigenvalue weighted by Gasteiger charge is 2.25. The van der Waals surface area contributed by atoms with Gasteiger partial charge >= 0.3 is 5.97 Å². The first-order valence-electron chi connectivity index (χ1n) is 4.07. The van der Waals surface area contributed by atoms with Gasteiger partial charge < -0.3 is 14.6 Å². The average molecular weight is 174 g/mol. The first-order valence-corrected chi connectivity index (χ1v) is 4.07. The number of carbonyl (C=O) groups is 1. The third kappa shape index (κ3) is 2.46. The summed E-state index contributed by atoms with van der Waals surface area (Å²) in [5, 5.41) is 9.32. The van der Waals surface area contributed by atoms with E-state index in [0.29, 0.717) is 26.1 Å². The van der Waals surface area contributed by atoms with E-state index in [0.717, 1.165) is 0 Å². The first kappa shape index (κ1) is 9.48. The molecule has 1 rings (SSSR count). The fourth-order valence-electron chi connectivity index (χ4n) is 1.29. The molecule has 0 amide bonds. The summed E-state index contributed by atoms with van der Waals surface area (Å²) in [6, 6.07) is 0. The Morgan fingerprint density at radius 1 is 1.67 bits per heavy atom. The molecule has 0 radical (unpaired) electrons. The van der Waals surface area contributed by atoms with Crippen molar-refractivity contribution in [3.8, 4) is 0 Å². The topological polar surface area (TPSA) is 55.8 Å². The summed E-state index contributed by atoms with van der Waals surface area (Å²) in [5.74, 6) is -0.594. The molecule has 0 spiro atoms. The molecule has 2 unspecified atom stereocenters. The largest absolute Gasteiger partial charge is 0.469 e. The number of esters is 1. The Labute approximate surface area is 71.5 Å². The van der Waals surface area contributed by atoms with E-state index in [4.69, 9.17) is 4.74 Å². The highest BCUT2D eigenvalue weighted by Crippen LogP contribution is 2.15. The lowest BCUT2D eigenvalue weighted by molar-refractivity contribution is -0.147. The zero-order valence-electron chi connectivity index (χ0n) is 7.16. The molecule has 0 aromatic carbocycles. The second-order valence-electron chi connectivity index (χ2n) is 2.97. The minimum Gasteiger partial charge on any atom is -0.469 e. The minimum atomic E-state index is -0.434. The van der Waals surface area contributed by atoms with Gasteiger partial charge in [-0.3, -0.25) is 4.79 Å². The van der Waals surface area contributed by atoms with E-state index in [1.807, 2.05) is 0 Å². The Kier molecular flexibility index (Phi) is 3.49. The lowest BCUT2D eigenvalue weighted by atomic mass is 10.0. The van der Waals surface area contributed by atoms with Crippen molar-refractivity contribution < 1.29 is 19.4 Å². The van der Waals surface area contributed by atoms with Crippen molar-refractivity contribution in [1.29, 1.82) is 0 Å². The van der Waals surface area contributed by atoms with Crippen molar-refractivity contribution in [2.75, 3.05) is 20.3 Å². The minimum absolute atomic E-state index is 0.295. The van der Waals surface area contributed by atoms with E-state index in [9.17, 15) is 9.90 Å². The van der Waals surface area contributed by atoms with Crippen LogP contribution in [0.2, 0.25) is 0 Å². The maximum Gasteiger partial charge on any atom is 0.311 e. The van der Waals surface area contributed by atoms with Crippen LogP contribution < -0.4 is 0 Å². The fourth-order valence-corrected chi connectivity index (χ4v) is 1.29. The van der Waals surface area contributed by atoms with Gasteiger partial charge in [-0.2, -0.15) is 0 Å². The summed E-state index contributed by atoms with van der Waals surface area (Å²) in [6.45, 7) is 0.887. The van der Waals surface area contributed by atoms with Crippen LogP contribution in [0.4, 0.5) is 0 Å². The molecular formula is C8H14O4. The van der Waals surface area contributed by atoms with Crippen LogP contribution in [0.15, 0.2) is 0 Å². The van der Waals surface area contributed by atoms with Gasteiger partial charge in [0.15, 0.2) is 0 Å². The van der Waals surface area contributed by atoms with Gasteiger partial charge in [0.25, 0.3) is 0 Å². The SMILES string of the molecule is COC(=O)C1COCCC(O)C1. The lowest BCUT2D eigenvalue weighted by Gasteiger charge is -2.12. The molecule has 1 aliphatic heterocycles. The molecule has 1 N–H and O–H groups in total. The summed E-state index contributed by atoms with van der Waals surface area (Å²) >= 11 is 0. The molecule has 0 aromatic rings. The second-order valence-corrected chi connectivity index (χ2v) is 2.97. The third-order valence-electron chi connectivity index (χ3n) is 2.01. The van der Waals surface area contributed by atoms with Gasteiger partial charge in [-0.1, -0.05) is 0 Å². The predicted molar refractivity (Wildman–Crippen MR) is 41.6 cm³/mol. The molecule has 2 atom stereocenters. The number of hydrogen-bond acceptors (Lipinski definition) is 4. The fraction of sp³-hybridized carbons (Fsp3) is 0.875. The van der Waals surface area contributed by atoms with Gasteiger partial charge in [0.1, 0.15) is 0 Å². The van der Waals surface area contributed by atoms with Crippen molar-refractivity contribution in [3.63, 3.8) is 0 Å². The van der Waals surface area contributed by atoms with E-state index < -0.39 is 6.10 Å². The molecule has 0 aliphatic carbocycles. The standard InChI is InChI=1S/C8H14O4/c1-11-8(10)6-4-7(9)2-3-12-5-6/h6-7,9H,2-5H2,1H3. The van der Waals surface area contributed by atoms with Crippen LogP contribution in [0.3, 0.4) is 0 Å². The summed E-state index contributed by atoms with van der Waals surface area (Å²) < 4.78 is 9.70. The molecule has 0 saturated carbocycles. The summed E-state index contributed by atoms with van der Waals surface area (Å²) in [4.78, 5) is 11.1. The molecule has 4 nitrogen and oxygen atoms in total. The normalized spacial score (nSPS) is 30.8. The van der Waals surface area contributed by atoms with E-state index >= 15 is 0 Å². The van der Waals surface area contributed by atoms with Gasteiger partial charge in [-0.05, 0) is 12.8 Å². The molecule has 1 heterocycles. The van der Waals surface area contributed by atoms with Crippen LogP contribution in [0.25, 0.3) is 0 Å². The summed E-state index contributed by atoms with van der Waals surface area (Å²) in [5.41, 5.74) is 0. The Morgan fingerprint density at radius 3 is 3.08 bits per heavy atom. The van der Waals surface area contributed by atoms with Crippen molar-refractivity contribution in [2.24, 2.45) is 5.92 Å². The highest BCUT2D eigenvalue weighted by atomic mass is 16.5. The third-order valence-corrected chi connectivity index (χ3v) is 2.01. The second kappa shape index (κ2) is 4.42. The van der Waals surface area contributed by atoms with E-state index in [-0.39, 0.29) is 11.9 Å². The van der Waals surface area contributed by atoms with Crippen molar-refractivity contribution >= 4 is 5.97 Å². The zero-order valence-corrected chi connectivity index (χ0v) is 7.16. The van der Waals surface area contributed by atoms with Crippen LogP contribution in [0, 0.1) is 5.92 Å². The van der Waals surface area contributed by atoms with Gasteiger partial charge in [0, 0.05) is 6.61 Å². The number of aliphatic hydroxyl groups excluding tert-OH is 1. The number of rotatable bonds is 1. The molecule has 70 valence electrons. The molecule has 0 aromatic heterocycles. The van der Waals surface area contributed by atoms with Crippen LogP contribution in [-0.4, -0.2) is 37.5 Å². The van der Waals surface area contributed by atoms with Crippen molar-refractivity contribution in [1.82, 2.24) is 0 Å². The number of carbonyl (C=O) groups excluding carboxylic acids is 1. The van der Waals surface area contributed by atoms with E-state index in [1.165, 1.54) is 7.11 Å². The Hall–Kier alpha value is -0.610. The molecule has 12 heavy (non-hydrogen) atoms. The number of ether oxygens (including phenoxy) is 2. The summed E-state index contributed by atoms with van der Waals surface area (Å²) in [7, 11) is 1.35. The molecule has 1 aliphatic rings. The molecule has 1 saturated heterocycles. The van der Waals surface area contributed by atoms with Gasteiger partial charge in [-0.25, -0.2) is 0 Å². The smallest absolute Gasteiger partial charge is 0.311 e. The number of hydrogen-bond donors (Lipinski definition) is 1. The monoisotopic (exact) mass is 174 g/mol. The predicted octanol–water partition coefficient (Wildman–Crippen LogP) is -0.0531. The molecule has 0 bridgehead atoms. The zero-order chi connectivity index (χ0) is 8.97. The Morgan fingerprint density at radius 2 is 2.42 bits per heavy atom. The number of methoxy groups -OCH3 is 1. The van der Waals surface area contributed by atoms with E-state index in [1.54, 1.807) is 0 Å². The quantitative estimate of drug-likeness (QED) is 0.566. The molecule has 1 fully saturated rings. The molecular weight excluding hydrogens is 160 g/mol. The van der Waals surface area contributed by atoms with E-state index in [2.05, 4.69) is 4.74 Å². The number of aliphatic hydroxyl groups is 1. The average Bonchev–Trinajstić information content (AvgIpc) is 2.28. The van der Waals surface area contributed by atoms with Crippen LogP contribution in [0.5, 0.6) is 0 Å². The Balaban J connectivity index is 2.46. The van der Waals surface area contributed by atoms with Gasteiger partial charge in [0.05, 0.1) is 25.7 Å². The maximum absolute atomic E-state index is 11.1. The maximum atomic E-state index is 11.1. The molecule has 4 heteroatoms.